The number of rotatable bonds is 14. The molecule has 15 nitrogen and oxygen atoms in total. The number of nitrogens with zero attached hydrogens (tertiary/aromatic N) is 5. The number of methoxy groups -OCH3 is 1. The predicted molar refractivity (Wildman–Crippen MR) is 249 cm³/mol. The minimum absolute atomic E-state index is 0.0495. The minimum atomic E-state index is -1.38. The summed E-state index contributed by atoms with van der Waals surface area (Å²) in [6.07, 6.45) is -1.45. The number of aromatic nitrogens is 5. The lowest BCUT2D eigenvalue weighted by molar-refractivity contribution is -0.145. The first-order chi connectivity index (χ1) is 32.5. The first-order valence-electron chi connectivity index (χ1n) is 23.1. The van der Waals surface area contributed by atoms with Crippen LogP contribution in [-0.4, -0.2) is 108 Å². The van der Waals surface area contributed by atoms with Crippen molar-refractivity contribution in [3.63, 3.8) is 0 Å². The SMILES string of the molecule is COC(O)NC(C(=O)N1CC(F)CC1c1ncc(-c2ccc3c(c2)cc2n3C(c3cccc(OC(C)C)c3)Oc3cc(-c4cnc(C5CC(F)CN5C(=O)C(N)C(C)C)[nH]4)cc(F)c3-2)[nH]1)C(C)C. The van der Waals surface area contributed by atoms with Gasteiger partial charge in [0.25, 0.3) is 0 Å². The molecule has 0 aliphatic carbocycles. The van der Waals surface area contributed by atoms with Crippen LogP contribution in [0.25, 0.3) is 44.7 Å². The molecule has 6 N–H and O–H groups in total. The second-order valence-corrected chi connectivity index (χ2v) is 19.0. The van der Waals surface area contributed by atoms with E-state index in [1.165, 1.54) is 23.0 Å². The number of aliphatic hydroxyl groups excluding tert-OH is 1. The van der Waals surface area contributed by atoms with Crippen LogP contribution < -0.4 is 20.5 Å². The van der Waals surface area contributed by atoms with Gasteiger partial charge in [-0.15, -0.1) is 0 Å². The Morgan fingerprint density at radius 1 is 0.853 bits per heavy atom. The van der Waals surface area contributed by atoms with E-state index in [-0.39, 0.29) is 67.0 Å². The van der Waals surface area contributed by atoms with Crippen molar-refractivity contribution in [3.8, 4) is 45.3 Å². The lowest BCUT2D eigenvalue weighted by Crippen LogP contribution is -2.53. The molecular weight excluding hydrogens is 880 g/mol. The number of imidazole rings is 2. The minimum Gasteiger partial charge on any atom is -0.491 e. The number of nitrogens with one attached hydrogen (secondary N) is 3. The zero-order valence-electron chi connectivity index (χ0n) is 39.0. The highest BCUT2D eigenvalue weighted by Crippen LogP contribution is 2.48. The summed E-state index contributed by atoms with van der Waals surface area (Å²) in [5.74, 6) is 0.0653. The molecule has 3 aromatic carbocycles. The molecule has 6 heterocycles. The van der Waals surface area contributed by atoms with Gasteiger partial charge in [0, 0.05) is 42.0 Å². The molecule has 8 atom stereocenters. The van der Waals surface area contributed by atoms with Crippen molar-refractivity contribution in [2.24, 2.45) is 17.6 Å². The van der Waals surface area contributed by atoms with Crippen LogP contribution in [0.4, 0.5) is 13.2 Å². The van der Waals surface area contributed by atoms with Crippen molar-refractivity contribution in [1.29, 1.82) is 0 Å². The molecule has 0 spiro atoms. The Morgan fingerprint density at radius 3 is 2.12 bits per heavy atom. The van der Waals surface area contributed by atoms with Crippen LogP contribution in [0.2, 0.25) is 0 Å². The number of benzene rings is 3. The third kappa shape index (κ3) is 8.85. The van der Waals surface area contributed by atoms with Gasteiger partial charge >= 0.3 is 0 Å². The lowest BCUT2D eigenvalue weighted by Gasteiger charge is -2.31. The fourth-order valence-corrected chi connectivity index (χ4v) is 9.64. The van der Waals surface area contributed by atoms with E-state index in [0.29, 0.717) is 40.0 Å². The highest BCUT2D eigenvalue weighted by atomic mass is 19.1. The van der Waals surface area contributed by atoms with Crippen molar-refractivity contribution < 1.29 is 42.1 Å². The monoisotopic (exact) mass is 937 g/mol. The highest BCUT2D eigenvalue weighted by Gasteiger charge is 2.43. The van der Waals surface area contributed by atoms with E-state index in [4.69, 9.17) is 19.9 Å². The summed E-state index contributed by atoms with van der Waals surface area (Å²) in [5.41, 5.74) is 10.8. The number of halogens is 3. The fourth-order valence-electron chi connectivity index (χ4n) is 9.64. The first kappa shape index (κ1) is 46.9. The molecule has 360 valence electrons. The number of nitrogens with two attached hydrogens (primary N) is 1. The van der Waals surface area contributed by atoms with Gasteiger partial charge in [-0.25, -0.2) is 23.1 Å². The Bertz CT molecular complexity index is 2830. The molecule has 2 fully saturated rings. The lowest BCUT2D eigenvalue weighted by atomic mass is 10.0. The number of alkyl halides is 2. The van der Waals surface area contributed by atoms with Gasteiger partial charge in [-0.05, 0) is 68.1 Å². The summed E-state index contributed by atoms with van der Waals surface area (Å²) >= 11 is 0. The zero-order chi connectivity index (χ0) is 48.3. The topological polar surface area (TPSA) is 189 Å². The number of hydrogen-bond donors (Lipinski definition) is 5. The molecular formula is C50H58F3N9O6. The molecule has 8 unspecified atom stereocenters. The van der Waals surface area contributed by atoms with Gasteiger partial charge in [0.1, 0.15) is 41.3 Å². The van der Waals surface area contributed by atoms with Gasteiger partial charge in [-0.3, -0.25) is 14.9 Å². The summed E-state index contributed by atoms with van der Waals surface area (Å²) in [6, 6.07) is 15.5. The third-order valence-corrected chi connectivity index (χ3v) is 13.1. The number of aliphatic hydroxyl groups is 1. The van der Waals surface area contributed by atoms with Crippen LogP contribution in [0, 0.1) is 17.7 Å². The molecule has 9 rings (SSSR count). The maximum Gasteiger partial charge on any atom is 0.240 e. The Labute approximate surface area is 392 Å². The molecule has 3 aliphatic heterocycles. The summed E-state index contributed by atoms with van der Waals surface area (Å²) in [7, 11) is 1.31. The molecule has 3 aliphatic rings. The van der Waals surface area contributed by atoms with E-state index in [2.05, 4.69) is 25.3 Å². The smallest absolute Gasteiger partial charge is 0.240 e. The number of carbonyl (C=O) groups excluding carboxylic acids is 2. The predicted octanol–water partition coefficient (Wildman–Crippen LogP) is 7.70. The van der Waals surface area contributed by atoms with Gasteiger partial charge in [0.15, 0.2) is 0 Å². The molecule has 2 amide bonds. The van der Waals surface area contributed by atoms with Crippen LogP contribution >= 0.6 is 0 Å². The number of amides is 2. The van der Waals surface area contributed by atoms with Crippen LogP contribution in [-0.2, 0) is 14.3 Å². The standard InChI is InChI=1S/C50H58F3N9O6/c1-24(2)43(54)47(63)60-22-31(51)18-39(60)45-56-21-36(58-45)29-15-34(53)42-38-16-30-13-27(11-12-37(30)62(38)49(68-41(42)17-29)28-9-8-10-33(14-28)67-26(5)6)35-20-55-46(57-35)40-19-32(52)23-61(40)48(64)44(25(3)4)59-50(65)66-7/h8-17,20-21,24-26,31-32,39-40,43-44,49-50,59,65H,18-19,22-23,54H2,1-7H3,(H,55,57)(H,56,58). The molecule has 0 radical (unpaired) electrons. The number of carbonyl (C=O) groups is 2. The van der Waals surface area contributed by atoms with Crippen LogP contribution in [0.1, 0.15) is 89.9 Å². The van der Waals surface area contributed by atoms with Crippen molar-refractivity contribution >= 4 is 22.7 Å². The molecule has 6 aromatic rings. The number of likely N-dealkylation sites (tertiary alicyclic amines) is 2. The van der Waals surface area contributed by atoms with Gasteiger partial charge in [-0.1, -0.05) is 45.9 Å². The van der Waals surface area contributed by atoms with E-state index < -0.39 is 55.0 Å². The number of H-pyrrole nitrogens is 2. The Morgan fingerprint density at radius 2 is 1.50 bits per heavy atom. The van der Waals surface area contributed by atoms with E-state index in [0.717, 1.165) is 22.0 Å². The van der Waals surface area contributed by atoms with E-state index in [1.54, 1.807) is 18.5 Å². The van der Waals surface area contributed by atoms with E-state index >= 15 is 8.78 Å². The van der Waals surface area contributed by atoms with Crippen LogP contribution in [0.3, 0.4) is 0 Å². The number of hydrogen-bond acceptors (Lipinski definition) is 10. The molecule has 0 bridgehead atoms. The number of ether oxygens (including phenoxy) is 3. The number of fused-ring (bicyclic) bond motifs is 5. The quantitative estimate of drug-likeness (QED) is 0.0678. The van der Waals surface area contributed by atoms with Gasteiger partial charge in [0.2, 0.25) is 24.5 Å². The average molecular weight is 938 g/mol. The van der Waals surface area contributed by atoms with Crippen LogP contribution in [0.5, 0.6) is 11.5 Å². The maximum absolute atomic E-state index is 16.9. The maximum atomic E-state index is 16.9. The molecule has 68 heavy (non-hydrogen) atoms. The van der Waals surface area contributed by atoms with Gasteiger partial charge < -0.3 is 49.4 Å². The molecule has 2 saturated heterocycles. The van der Waals surface area contributed by atoms with Crippen LogP contribution in [0.15, 0.2) is 73.1 Å². The van der Waals surface area contributed by atoms with Gasteiger partial charge in [-0.2, -0.15) is 0 Å². The highest BCUT2D eigenvalue weighted by molar-refractivity contribution is 5.93. The second-order valence-electron chi connectivity index (χ2n) is 19.0. The largest absolute Gasteiger partial charge is 0.491 e. The normalized spacial score (nSPS) is 21.7. The fraction of sp³-hybridized carbons (Fsp3) is 0.440. The molecule has 18 heteroatoms. The zero-order valence-corrected chi connectivity index (χ0v) is 39.0. The average Bonchev–Trinajstić information content (AvgIpc) is 4.16. The van der Waals surface area contributed by atoms with Crippen molar-refractivity contribution in [3.05, 3.63) is 96.1 Å². The number of aromatic amines is 2. The van der Waals surface area contributed by atoms with E-state index in [1.807, 2.05) is 94.6 Å². The Hall–Kier alpha value is -6.21. The summed E-state index contributed by atoms with van der Waals surface area (Å²) in [4.78, 5) is 45.8. The Kier molecular flexibility index (Phi) is 12.9. The van der Waals surface area contributed by atoms with Crippen molar-refractivity contribution in [2.75, 3.05) is 20.2 Å². The summed E-state index contributed by atoms with van der Waals surface area (Å²) < 4.78 is 66.6. The van der Waals surface area contributed by atoms with E-state index in [9.17, 15) is 19.1 Å². The molecule has 0 saturated carbocycles. The van der Waals surface area contributed by atoms with Gasteiger partial charge in [0.05, 0.1) is 83.9 Å². The third-order valence-electron chi connectivity index (χ3n) is 13.1. The summed E-state index contributed by atoms with van der Waals surface area (Å²) in [5, 5.41) is 13.7. The summed E-state index contributed by atoms with van der Waals surface area (Å²) in [6.45, 7) is 11.0. The second kappa shape index (κ2) is 18.7. The first-order valence-corrected chi connectivity index (χ1v) is 23.1. The van der Waals surface area contributed by atoms with Crippen molar-refractivity contribution in [2.45, 2.75) is 110 Å². The molecule has 3 aromatic heterocycles. The Balaban J connectivity index is 1.07. The van der Waals surface area contributed by atoms with Crippen molar-refractivity contribution in [1.82, 2.24) is 39.6 Å².